The minimum atomic E-state index is -1.28. The fourth-order valence-corrected chi connectivity index (χ4v) is 4.04. The van der Waals surface area contributed by atoms with E-state index >= 15 is 0 Å². The van der Waals surface area contributed by atoms with E-state index < -0.39 is 29.9 Å². The molecule has 0 spiro atoms. The van der Waals surface area contributed by atoms with Gasteiger partial charge in [0.05, 0.1) is 7.11 Å². The number of thioether (sulfide) groups is 1. The summed E-state index contributed by atoms with van der Waals surface area (Å²) in [5, 5.41) is 31.2. The van der Waals surface area contributed by atoms with Crippen LogP contribution in [0.1, 0.15) is 22.8 Å². The van der Waals surface area contributed by atoms with Crippen LogP contribution in [0.25, 0.3) is 0 Å². The van der Waals surface area contributed by atoms with Crippen molar-refractivity contribution in [1.29, 1.82) is 0 Å². The van der Waals surface area contributed by atoms with Crippen molar-refractivity contribution in [2.24, 2.45) is 0 Å². The van der Waals surface area contributed by atoms with Crippen LogP contribution >= 0.6 is 23.4 Å². The van der Waals surface area contributed by atoms with E-state index in [1.54, 1.807) is 25.5 Å². The second kappa shape index (κ2) is 8.82. The van der Waals surface area contributed by atoms with E-state index in [0.717, 1.165) is 16.9 Å². The average molecular weight is 411 g/mol. The molecule has 0 saturated carbocycles. The van der Waals surface area contributed by atoms with Gasteiger partial charge in [-0.25, -0.2) is 0 Å². The molecule has 3 rings (SSSR count). The molecule has 1 heterocycles. The lowest BCUT2D eigenvalue weighted by atomic mass is 9.92. The zero-order chi connectivity index (χ0) is 19.6. The highest BCUT2D eigenvalue weighted by atomic mass is 35.5. The smallest absolute Gasteiger partial charge is 0.132 e. The monoisotopic (exact) mass is 410 g/mol. The van der Waals surface area contributed by atoms with Crippen LogP contribution in [0.2, 0.25) is 5.02 Å². The summed E-state index contributed by atoms with van der Waals surface area (Å²) in [5.41, 5.74) is 2.04. The molecule has 1 saturated heterocycles. The molecule has 5 atom stereocenters. The molecule has 0 aliphatic carbocycles. The number of methoxy groups -OCH3 is 1. The number of aliphatic hydroxyl groups is 3. The molecule has 5 nitrogen and oxygen atoms in total. The molecule has 2 aromatic rings. The minimum Gasteiger partial charge on any atom is -0.497 e. The Morgan fingerprint density at radius 1 is 1.04 bits per heavy atom. The Labute approximate surface area is 167 Å². The number of hydrogen-bond donors (Lipinski definition) is 3. The Bertz CT molecular complexity index is 767. The van der Waals surface area contributed by atoms with Crippen molar-refractivity contribution in [3.05, 3.63) is 64.2 Å². The topological polar surface area (TPSA) is 79.2 Å². The van der Waals surface area contributed by atoms with Gasteiger partial charge in [0.25, 0.3) is 0 Å². The van der Waals surface area contributed by atoms with E-state index in [4.69, 9.17) is 21.1 Å². The van der Waals surface area contributed by atoms with Crippen LogP contribution < -0.4 is 4.74 Å². The van der Waals surface area contributed by atoms with Gasteiger partial charge < -0.3 is 24.8 Å². The standard InChI is InChI=1S/C20H23ClO5S/c1-25-14-6-3-11(4-7-14)9-13-10-12(5-8-15(13)21)19-17(23)16(22)18(24)20(26-19)27-2/h3-8,10,16-20,22-24H,9H2,1-2H3/t16-,17-,18+,19+,20-/m1/s1. The van der Waals surface area contributed by atoms with Gasteiger partial charge in [-0.3, -0.25) is 0 Å². The first-order valence-corrected chi connectivity index (χ1v) is 10.2. The lowest BCUT2D eigenvalue weighted by Gasteiger charge is -2.40. The molecule has 1 aliphatic heterocycles. The summed E-state index contributed by atoms with van der Waals surface area (Å²) in [7, 11) is 1.62. The Balaban J connectivity index is 1.85. The molecule has 7 heteroatoms. The predicted octanol–water partition coefficient (Wildman–Crippen LogP) is 2.78. The predicted molar refractivity (Wildman–Crippen MR) is 106 cm³/mol. The highest BCUT2D eigenvalue weighted by Crippen LogP contribution is 2.37. The van der Waals surface area contributed by atoms with Gasteiger partial charge in [0, 0.05) is 5.02 Å². The molecule has 0 aromatic heterocycles. The van der Waals surface area contributed by atoms with Gasteiger partial charge in [-0.2, -0.15) is 0 Å². The number of halogens is 1. The molecule has 2 aromatic carbocycles. The van der Waals surface area contributed by atoms with Crippen LogP contribution in [0.4, 0.5) is 0 Å². The van der Waals surface area contributed by atoms with Crippen molar-refractivity contribution >= 4 is 23.4 Å². The summed E-state index contributed by atoms with van der Waals surface area (Å²) >= 11 is 7.66. The lowest BCUT2D eigenvalue weighted by Crippen LogP contribution is -2.52. The van der Waals surface area contributed by atoms with E-state index in [1.807, 2.05) is 30.3 Å². The highest BCUT2D eigenvalue weighted by Gasteiger charge is 2.44. The molecule has 0 unspecified atom stereocenters. The summed E-state index contributed by atoms with van der Waals surface area (Å²) in [5.74, 6) is 0.785. The molecule has 0 amide bonds. The summed E-state index contributed by atoms with van der Waals surface area (Å²) in [6.45, 7) is 0. The van der Waals surface area contributed by atoms with Crippen molar-refractivity contribution in [3.8, 4) is 5.75 Å². The largest absolute Gasteiger partial charge is 0.497 e. The third-order valence-electron chi connectivity index (χ3n) is 4.75. The first kappa shape index (κ1) is 20.5. The van der Waals surface area contributed by atoms with E-state index in [2.05, 4.69) is 0 Å². The molecule has 27 heavy (non-hydrogen) atoms. The molecule has 3 N–H and O–H groups in total. The second-order valence-electron chi connectivity index (χ2n) is 6.51. The van der Waals surface area contributed by atoms with E-state index in [1.165, 1.54) is 11.8 Å². The van der Waals surface area contributed by atoms with Gasteiger partial charge in [-0.05, 0) is 47.6 Å². The van der Waals surface area contributed by atoms with Gasteiger partial charge in [0.1, 0.15) is 35.6 Å². The number of ether oxygens (including phenoxy) is 2. The van der Waals surface area contributed by atoms with Crippen LogP contribution in [0.5, 0.6) is 5.75 Å². The van der Waals surface area contributed by atoms with Gasteiger partial charge >= 0.3 is 0 Å². The Morgan fingerprint density at radius 2 is 1.74 bits per heavy atom. The normalized spacial score (nSPS) is 28.1. The van der Waals surface area contributed by atoms with Crippen LogP contribution in [0.15, 0.2) is 42.5 Å². The summed E-state index contributed by atoms with van der Waals surface area (Å²) < 4.78 is 11.0. The van der Waals surface area contributed by atoms with Gasteiger partial charge in [-0.1, -0.05) is 35.9 Å². The Kier molecular flexibility index (Phi) is 6.68. The highest BCUT2D eigenvalue weighted by molar-refractivity contribution is 7.99. The average Bonchev–Trinajstić information content (AvgIpc) is 2.69. The van der Waals surface area contributed by atoms with E-state index in [0.29, 0.717) is 17.0 Å². The van der Waals surface area contributed by atoms with Crippen molar-refractivity contribution in [3.63, 3.8) is 0 Å². The molecular formula is C20H23ClO5S. The van der Waals surface area contributed by atoms with Crippen molar-refractivity contribution in [1.82, 2.24) is 0 Å². The third kappa shape index (κ3) is 4.42. The van der Waals surface area contributed by atoms with Crippen LogP contribution in [0.3, 0.4) is 0 Å². The molecule has 146 valence electrons. The first-order valence-electron chi connectivity index (χ1n) is 8.58. The number of rotatable bonds is 5. The fraction of sp³-hybridized carbons (Fsp3) is 0.400. The Morgan fingerprint density at radius 3 is 2.37 bits per heavy atom. The van der Waals surface area contributed by atoms with Crippen molar-refractivity contribution in [2.75, 3.05) is 13.4 Å². The van der Waals surface area contributed by atoms with Crippen LogP contribution in [-0.2, 0) is 11.2 Å². The SMILES string of the molecule is COc1ccc(Cc2cc([C@@H]3O[C@H](SC)[C@@H](O)[C@H](O)[C@H]3O)ccc2Cl)cc1. The van der Waals surface area contributed by atoms with E-state index in [-0.39, 0.29) is 0 Å². The minimum absolute atomic E-state index is 0.608. The molecule has 0 radical (unpaired) electrons. The third-order valence-corrected chi connectivity index (χ3v) is 5.98. The Hall–Kier alpha value is -1.28. The zero-order valence-corrected chi connectivity index (χ0v) is 16.7. The summed E-state index contributed by atoms with van der Waals surface area (Å²) in [6.07, 6.45) is -1.99. The maximum atomic E-state index is 10.4. The van der Waals surface area contributed by atoms with Gasteiger partial charge in [0.2, 0.25) is 0 Å². The van der Waals surface area contributed by atoms with Gasteiger partial charge in [0.15, 0.2) is 0 Å². The molecular weight excluding hydrogens is 388 g/mol. The van der Waals surface area contributed by atoms with Crippen LogP contribution in [-0.4, -0.2) is 52.4 Å². The van der Waals surface area contributed by atoms with Crippen molar-refractivity contribution < 1.29 is 24.8 Å². The molecule has 1 aliphatic rings. The number of aliphatic hydroxyl groups excluding tert-OH is 3. The number of benzene rings is 2. The maximum absolute atomic E-state index is 10.4. The van der Waals surface area contributed by atoms with Gasteiger partial charge in [-0.15, -0.1) is 11.8 Å². The quantitative estimate of drug-likeness (QED) is 0.703. The zero-order valence-electron chi connectivity index (χ0n) is 15.1. The molecule has 0 bridgehead atoms. The number of hydrogen-bond acceptors (Lipinski definition) is 6. The lowest BCUT2D eigenvalue weighted by molar-refractivity contribution is -0.200. The van der Waals surface area contributed by atoms with E-state index in [9.17, 15) is 15.3 Å². The fourth-order valence-electron chi connectivity index (χ4n) is 3.19. The van der Waals surface area contributed by atoms with Crippen molar-refractivity contribution in [2.45, 2.75) is 36.3 Å². The summed E-state index contributed by atoms with van der Waals surface area (Å²) in [4.78, 5) is 0. The first-order chi connectivity index (χ1) is 12.9. The summed E-state index contributed by atoms with van der Waals surface area (Å²) in [6, 6.07) is 13.1. The second-order valence-corrected chi connectivity index (χ2v) is 7.85. The van der Waals surface area contributed by atoms with Crippen LogP contribution in [0, 0.1) is 0 Å². The maximum Gasteiger partial charge on any atom is 0.132 e. The molecule has 1 fully saturated rings.